The van der Waals surface area contributed by atoms with Crippen molar-refractivity contribution in [2.75, 3.05) is 13.1 Å². The molecule has 2 bridgehead atoms. The van der Waals surface area contributed by atoms with Gasteiger partial charge in [0.1, 0.15) is 6.10 Å². The lowest BCUT2D eigenvalue weighted by atomic mass is 9.83. The van der Waals surface area contributed by atoms with Gasteiger partial charge in [0.15, 0.2) is 0 Å². The number of benzene rings is 2. The van der Waals surface area contributed by atoms with Crippen molar-refractivity contribution in [3.63, 3.8) is 0 Å². The monoisotopic (exact) mass is 474 g/mol. The fourth-order valence-electron chi connectivity index (χ4n) is 5.68. The molecule has 1 aromatic heterocycles. The molecule has 6 rings (SSSR count). The van der Waals surface area contributed by atoms with Gasteiger partial charge in [-0.25, -0.2) is 4.79 Å². The van der Waals surface area contributed by atoms with Crippen molar-refractivity contribution in [1.29, 1.82) is 0 Å². The first-order valence-corrected chi connectivity index (χ1v) is 11.9. The molecule has 3 aliphatic heterocycles. The quantitative estimate of drug-likeness (QED) is 0.522. The average molecular weight is 475 g/mol. The molecule has 7 heteroatoms. The second-order valence-corrected chi connectivity index (χ2v) is 9.81. The van der Waals surface area contributed by atoms with E-state index in [1.54, 1.807) is 30.3 Å². The normalized spacial score (nSPS) is 23.0. The number of pyridine rings is 1. The van der Waals surface area contributed by atoms with Crippen molar-refractivity contribution < 1.29 is 14.3 Å². The number of rotatable bonds is 2. The zero-order chi connectivity index (χ0) is 23.4. The van der Waals surface area contributed by atoms with Crippen LogP contribution in [0.4, 0.5) is 0 Å². The number of likely N-dealkylation sites (tertiary alicyclic amines) is 1. The van der Waals surface area contributed by atoms with E-state index in [0.717, 1.165) is 23.2 Å². The molecule has 3 atom stereocenters. The van der Waals surface area contributed by atoms with Gasteiger partial charge in [-0.1, -0.05) is 35.9 Å². The molecule has 0 radical (unpaired) electrons. The van der Waals surface area contributed by atoms with Crippen molar-refractivity contribution in [2.24, 2.45) is 5.92 Å². The molecule has 3 aliphatic rings. The van der Waals surface area contributed by atoms with Gasteiger partial charge in [0, 0.05) is 59.9 Å². The summed E-state index contributed by atoms with van der Waals surface area (Å²) in [6, 6.07) is 18.0. The number of esters is 1. The fourth-order valence-corrected chi connectivity index (χ4v) is 5.94. The number of hydrogen-bond acceptors (Lipinski definition) is 4. The second-order valence-electron chi connectivity index (χ2n) is 9.40. The molecule has 3 unspecified atom stereocenters. The molecule has 3 aromatic rings. The van der Waals surface area contributed by atoms with Crippen LogP contribution in [-0.2, 0) is 17.7 Å². The molecule has 1 saturated heterocycles. The minimum Gasteiger partial charge on any atom is -0.453 e. The zero-order valence-corrected chi connectivity index (χ0v) is 19.2. The van der Waals surface area contributed by atoms with E-state index >= 15 is 0 Å². The van der Waals surface area contributed by atoms with Crippen LogP contribution >= 0.6 is 11.6 Å². The molecular weight excluding hydrogens is 452 g/mol. The van der Waals surface area contributed by atoms with Crippen LogP contribution in [-0.4, -0.2) is 34.4 Å². The first kappa shape index (κ1) is 21.2. The van der Waals surface area contributed by atoms with Gasteiger partial charge in [-0.15, -0.1) is 0 Å². The molecule has 0 saturated carbocycles. The van der Waals surface area contributed by atoms with Crippen LogP contribution in [0.1, 0.15) is 56.0 Å². The van der Waals surface area contributed by atoms with Crippen LogP contribution in [0.3, 0.4) is 0 Å². The standard InChI is InChI=1S/C27H23ClN2O4/c28-22-5-2-1-4-21(22)24-12-18-11-17(8-9-20(18)27(33)34-24)26(32)29-13-16-10-19(15-29)23-6-3-7-25(31)30(23)14-16/h1-9,11,16,19,24H,10,12-15H2. The van der Waals surface area contributed by atoms with E-state index in [0.29, 0.717) is 42.2 Å². The summed E-state index contributed by atoms with van der Waals surface area (Å²) in [6.07, 6.45) is 0.971. The summed E-state index contributed by atoms with van der Waals surface area (Å²) in [5, 5.41) is 0.551. The Morgan fingerprint density at radius 2 is 1.82 bits per heavy atom. The number of fused-ring (bicyclic) bond motifs is 5. The molecule has 34 heavy (non-hydrogen) atoms. The van der Waals surface area contributed by atoms with Crippen LogP contribution in [0, 0.1) is 5.92 Å². The Kier molecular flexibility index (Phi) is 5.06. The number of nitrogens with zero attached hydrogens (tertiary/aromatic N) is 2. The van der Waals surface area contributed by atoms with Crippen molar-refractivity contribution in [1.82, 2.24) is 9.47 Å². The summed E-state index contributed by atoms with van der Waals surface area (Å²) >= 11 is 6.33. The number of carbonyl (C=O) groups is 2. The Morgan fingerprint density at radius 1 is 0.971 bits per heavy atom. The molecule has 0 aliphatic carbocycles. The summed E-state index contributed by atoms with van der Waals surface area (Å²) in [6.45, 7) is 1.85. The highest BCUT2D eigenvalue weighted by molar-refractivity contribution is 6.31. The molecule has 6 nitrogen and oxygen atoms in total. The Bertz CT molecular complexity index is 1380. The Hall–Kier alpha value is -3.38. The van der Waals surface area contributed by atoms with Gasteiger partial charge in [-0.2, -0.15) is 0 Å². The molecule has 2 aromatic carbocycles. The van der Waals surface area contributed by atoms with E-state index in [-0.39, 0.29) is 23.3 Å². The van der Waals surface area contributed by atoms with Crippen LogP contribution < -0.4 is 5.56 Å². The third kappa shape index (κ3) is 3.53. The Morgan fingerprint density at radius 3 is 2.68 bits per heavy atom. The maximum absolute atomic E-state index is 13.5. The van der Waals surface area contributed by atoms with Crippen molar-refractivity contribution in [3.05, 3.63) is 104 Å². The van der Waals surface area contributed by atoms with E-state index in [4.69, 9.17) is 16.3 Å². The number of amides is 1. The minimum atomic E-state index is -0.483. The van der Waals surface area contributed by atoms with Gasteiger partial charge >= 0.3 is 5.97 Å². The summed E-state index contributed by atoms with van der Waals surface area (Å²) < 4.78 is 7.50. The smallest absolute Gasteiger partial charge is 0.339 e. The maximum atomic E-state index is 13.5. The highest BCUT2D eigenvalue weighted by Crippen LogP contribution is 2.37. The first-order valence-electron chi connectivity index (χ1n) is 11.6. The van der Waals surface area contributed by atoms with E-state index < -0.39 is 12.1 Å². The molecule has 4 heterocycles. The van der Waals surface area contributed by atoms with E-state index in [9.17, 15) is 14.4 Å². The number of aromatic nitrogens is 1. The fraction of sp³-hybridized carbons (Fsp3) is 0.296. The third-order valence-electron chi connectivity index (χ3n) is 7.25. The van der Waals surface area contributed by atoms with Crippen molar-refractivity contribution in [2.45, 2.75) is 31.4 Å². The largest absolute Gasteiger partial charge is 0.453 e. The van der Waals surface area contributed by atoms with Crippen molar-refractivity contribution >= 4 is 23.5 Å². The van der Waals surface area contributed by atoms with Crippen LogP contribution in [0.15, 0.2) is 65.5 Å². The zero-order valence-electron chi connectivity index (χ0n) is 18.4. The Balaban J connectivity index is 1.27. The summed E-state index contributed by atoms with van der Waals surface area (Å²) in [7, 11) is 0. The molecular formula is C27H23ClN2O4. The highest BCUT2D eigenvalue weighted by Gasteiger charge is 2.37. The number of halogens is 1. The van der Waals surface area contributed by atoms with Crippen LogP contribution in [0.2, 0.25) is 5.02 Å². The number of piperidine rings is 1. The number of carbonyl (C=O) groups excluding carboxylic acids is 2. The molecule has 1 fully saturated rings. The second kappa shape index (κ2) is 8.13. The van der Waals surface area contributed by atoms with Gasteiger partial charge in [0.2, 0.25) is 0 Å². The van der Waals surface area contributed by atoms with Gasteiger partial charge in [-0.05, 0) is 48.2 Å². The summed E-state index contributed by atoms with van der Waals surface area (Å²) in [4.78, 5) is 40.3. The predicted molar refractivity (Wildman–Crippen MR) is 127 cm³/mol. The number of hydrogen-bond donors (Lipinski definition) is 0. The van der Waals surface area contributed by atoms with Gasteiger partial charge < -0.3 is 14.2 Å². The topological polar surface area (TPSA) is 68.6 Å². The number of ether oxygens (including phenoxy) is 1. The average Bonchev–Trinajstić information content (AvgIpc) is 2.84. The SMILES string of the molecule is O=C1OC(c2ccccc2Cl)Cc2cc(C(=O)N3CC4CC(C3)c3cccc(=O)n3C4)ccc21. The lowest BCUT2D eigenvalue weighted by molar-refractivity contribution is 0.0252. The van der Waals surface area contributed by atoms with Gasteiger partial charge in [-0.3, -0.25) is 9.59 Å². The van der Waals surface area contributed by atoms with E-state index in [2.05, 4.69) is 0 Å². The van der Waals surface area contributed by atoms with Crippen molar-refractivity contribution in [3.8, 4) is 0 Å². The van der Waals surface area contributed by atoms with Crippen LogP contribution in [0.5, 0.6) is 0 Å². The van der Waals surface area contributed by atoms with Crippen LogP contribution in [0.25, 0.3) is 0 Å². The summed E-state index contributed by atoms with van der Waals surface area (Å²) in [5.74, 6) is -0.0350. The summed E-state index contributed by atoms with van der Waals surface area (Å²) in [5.41, 5.74) is 3.65. The molecule has 0 N–H and O–H groups in total. The van der Waals surface area contributed by atoms with E-state index in [1.807, 2.05) is 39.8 Å². The minimum absolute atomic E-state index is 0.0293. The van der Waals surface area contributed by atoms with Gasteiger partial charge in [0.25, 0.3) is 11.5 Å². The molecule has 172 valence electrons. The first-order chi connectivity index (χ1) is 16.5. The number of cyclic esters (lactones) is 1. The lowest BCUT2D eigenvalue weighted by Crippen LogP contribution is -2.49. The third-order valence-corrected chi connectivity index (χ3v) is 7.59. The predicted octanol–water partition coefficient (Wildman–Crippen LogP) is 4.22. The lowest BCUT2D eigenvalue weighted by Gasteiger charge is -2.42. The molecule has 1 amide bonds. The van der Waals surface area contributed by atoms with E-state index in [1.165, 1.54) is 0 Å². The Labute approximate surface area is 201 Å². The maximum Gasteiger partial charge on any atom is 0.339 e. The van der Waals surface area contributed by atoms with Gasteiger partial charge in [0.05, 0.1) is 5.56 Å². The molecule has 0 spiro atoms. The highest BCUT2D eigenvalue weighted by atomic mass is 35.5.